The Morgan fingerprint density at radius 1 is 1.52 bits per heavy atom. The van der Waals surface area contributed by atoms with Crippen LogP contribution in [0.15, 0.2) is 15.8 Å². The Kier molecular flexibility index (Phi) is 5.28. The van der Waals surface area contributed by atoms with Gasteiger partial charge in [0.05, 0.1) is 13.2 Å². The van der Waals surface area contributed by atoms with Gasteiger partial charge in [0.1, 0.15) is 0 Å². The van der Waals surface area contributed by atoms with Gasteiger partial charge in [0.25, 0.3) is 5.56 Å². The second kappa shape index (κ2) is 6.39. The predicted octanol–water partition coefficient (Wildman–Crippen LogP) is -1.64. The van der Waals surface area contributed by atoms with E-state index in [2.05, 4.69) is 5.92 Å². The fourth-order valence-electron chi connectivity index (χ4n) is 1.49. The number of H-pyrrole nitrogens is 1. The molecular formula is C11H15N2O7P. The van der Waals surface area contributed by atoms with Crippen LogP contribution in [0, 0.1) is 19.3 Å². The second-order valence-corrected chi connectivity index (χ2v) is 6.02. The zero-order valence-corrected chi connectivity index (χ0v) is 12.0. The first-order valence-corrected chi connectivity index (χ1v) is 7.50. The quantitative estimate of drug-likeness (QED) is 0.364. The molecular weight excluding hydrogens is 303 g/mol. The van der Waals surface area contributed by atoms with E-state index in [0.29, 0.717) is 0 Å². The van der Waals surface area contributed by atoms with Crippen molar-refractivity contribution in [2.75, 3.05) is 13.0 Å². The molecule has 4 N–H and O–H groups in total. The van der Waals surface area contributed by atoms with Crippen molar-refractivity contribution in [3.8, 4) is 12.3 Å². The second-order valence-electron chi connectivity index (χ2n) is 4.43. The van der Waals surface area contributed by atoms with Crippen LogP contribution in [0.5, 0.6) is 0 Å². The Labute approximate surface area is 119 Å². The van der Waals surface area contributed by atoms with Gasteiger partial charge in [0.2, 0.25) is 0 Å². The standard InChI is InChI=1S/C11H15N2O7P/c1-3-11(6-14,20-7-21(17,18)19)5-13-4-8(2)9(15)12-10(13)16/h1,4,14H,5-7H2,2H3,(H,12,15,16)(H2,17,18,19). The van der Waals surface area contributed by atoms with Crippen LogP contribution < -0.4 is 11.2 Å². The van der Waals surface area contributed by atoms with Crippen molar-refractivity contribution in [1.29, 1.82) is 0 Å². The predicted molar refractivity (Wildman–Crippen MR) is 72.7 cm³/mol. The van der Waals surface area contributed by atoms with Gasteiger partial charge in [0.15, 0.2) is 11.9 Å². The van der Waals surface area contributed by atoms with E-state index in [9.17, 15) is 19.3 Å². The summed E-state index contributed by atoms with van der Waals surface area (Å²) in [6.07, 6.45) is 5.45. The van der Waals surface area contributed by atoms with Crippen molar-refractivity contribution >= 4 is 7.60 Å². The Bertz CT molecular complexity index is 711. The largest absolute Gasteiger partial charge is 0.392 e. The molecule has 0 saturated heterocycles. The maximum Gasteiger partial charge on any atom is 0.351 e. The lowest BCUT2D eigenvalue weighted by Gasteiger charge is -2.27. The molecule has 0 radical (unpaired) electrons. The Morgan fingerprint density at radius 3 is 2.62 bits per heavy atom. The summed E-state index contributed by atoms with van der Waals surface area (Å²) in [6, 6.07) is 0. The Balaban J connectivity index is 3.12. The topological polar surface area (TPSA) is 142 Å². The molecule has 0 aliphatic heterocycles. The lowest BCUT2D eigenvalue weighted by Crippen LogP contribution is -2.44. The maximum absolute atomic E-state index is 11.7. The van der Waals surface area contributed by atoms with Gasteiger partial charge in [-0.05, 0) is 6.92 Å². The molecule has 1 aromatic rings. The van der Waals surface area contributed by atoms with E-state index in [4.69, 9.17) is 20.9 Å². The minimum absolute atomic E-state index is 0.230. The van der Waals surface area contributed by atoms with E-state index in [1.165, 1.54) is 13.1 Å². The van der Waals surface area contributed by atoms with Crippen LogP contribution in [0.4, 0.5) is 0 Å². The Morgan fingerprint density at radius 2 is 2.14 bits per heavy atom. The van der Waals surface area contributed by atoms with Crippen molar-refractivity contribution in [3.63, 3.8) is 0 Å². The minimum atomic E-state index is -4.50. The highest BCUT2D eigenvalue weighted by atomic mass is 31.2. The summed E-state index contributed by atoms with van der Waals surface area (Å²) in [4.78, 5) is 42.5. The summed E-state index contributed by atoms with van der Waals surface area (Å²) in [5, 5.41) is 9.34. The fraction of sp³-hybridized carbons (Fsp3) is 0.455. The first kappa shape index (κ1) is 17.4. The van der Waals surface area contributed by atoms with Crippen molar-refractivity contribution in [2.45, 2.75) is 19.1 Å². The first-order valence-electron chi connectivity index (χ1n) is 5.70. The van der Waals surface area contributed by atoms with E-state index in [0.717, 1.165) is 4.57 Å². The molecule has 1 heterocycles. The minimum Gasteiger partial charge on any atom is -0.392 e. The number of hydrogen-bond acceptors (Lipinski definition) is 5. The summed E-state index contributed by atoms with van der Waals surface area (Å²) < 4.78 is 16.7. The molecule has 116 valence electrons. The van der Waals surface area contributed by atoms with Gasteiger partial charge < -0.3 is 19.6 Å². The molecule has 10 heteroatoms. The smallest absolute Gasteiger partial charge is 0.351 e. The molecule has 0 bridgehead atoms. The fourth-order valence-corrected chi connectivity index (χ4v) is 1.91. The number of rotatable bonds is 6. The summed E-state index contributed by atoms with van der Waals surface area (Å²) in [5.41, 5.74) is -2.91. The molecule has 0 aliphatic rings. The number of terminal acetylenes is 1. The number of aliphatic hydroxyl groups is 1. The molecule has 0 aromatic carbocycles. The van der Waals surface area contributed by atoms with Gasteiger partial charge in [-0.2, -0.15) is 0 Å². The van der Waals surface area contributed by atoms with Gasteiger partial charge in [-0.25, -0.2) is 4.79 Å². The van der Waals surface area contributed by atoms with Crippen LogP contribution >= 0.6 is 7.60 Å². The van der Waals surface area contributed by atoms with E-state index < -0.39 is 37.4 Å². The van der Waals surface area contributed by atoms with Gasteiger partial charge in [0, 0.05) is 11.8 Å². The molecule has 1 rings (SSSR count). The van der Waals surface area contributed by atoms with Crippen molar-refractivity contribution in [3.05, 3.63) is 32.6 Å². The third kappa shape index (κ3) is 4.67. The summed E-state index contributed by atoms with van der Waals surface area (Å²) in [7, 11) is -4.50. The number of ether oxygens (including phenoxy) is 1. The van der Waals surface area contributed by atoms with Gasteiger partial charge in [-0.3, -0.25) is 18.9 Å². The maximum atomic E-state index is 11.7. The summed E-state index contributed by atoms with van der Waals surface area (Å²) in [6.45, 7) is 0.312. The average molecular weight is 318 g/mol. The molecule has 0 saturated carbocycles. The number of aliphatic hydroxyl groups excluding tert-OH is 1. The highest BCUT2D eigenvalue weighted by Gasteiger charge is 2.32. The third-order valence-electron chi connectivity index (χ3n) is 2.64. The molecule has 1 unspecified atom stereocenters. The van der Waals surface area contributed by atoms with Crippen LogP contribution in [0.1, 0.15) is 5.56 Å². The van der Waals surface area contributed by atoms with Crippen molar-refractivity contribution in [2.24, 2.45) is 0 Å². The zero-order valence-electron chi connectivity index (χ0n) is 11.1. The zero-order chi connectivity index (χ0) is 16.3. The highest BCUT2D eigenvalue weighted by molar-refractivity contribution is 7.51. The van der Waals surface area contributed by atoms with Crippen LogP contribution in [-0.2, 0) is 15.8 Å². The van der Waals surface area contributed by atoms with E-state index in [-0.39, 0.29) is 12.1 Å². The number of hydrogen-bond donors (Lipinski definition) is 4. The van der Waals surface area contributed by atoms with Gasteiger partial charge >= 0.3 is 13.3 Å². The molecule has 0 spiro atoms. The number of aryl methyl sites for hydroxylation is 1. The monoisotopic (exact) mass is 318 g/mol. The third-order valence-corrected chi connectivity index (χ3v) is 3.11. The number of aromatic amines is 1. The van der Waals surface area contributed by atoms with Gasteiger partial charge in [-0.1, -0.05) is 5.92 Å². The molecule has 1 atom stereocenters. The van der Waals surface area contributed by atoms with E-state index >= 15 is 0 Å². The van der Waals surface area contributed by atoms with Crippen LogP contribution in [0.3, 0.4) is 0 Å². The first-order chi connectivity index (χ1) is 9.62. The summed E-state index contributed by atoms with van der Waals surface area (Å²) >= 11 is 0. The molecule has 9 nitrogen and oxygen atoms in total. The Hall–Kier alpha value is -1.69. The molecule has 0 amide bonds. The molecule has 0 aliphatic carbocycles. The summed E-state index contributed by atoms with van der Waals surface area (Å²) in [5.74, 6) is 2.08. The van der Waals surface area contributed by atoms with Crippen molar-refractivity contribution in [1.82, 2.24) is 9.55 Å². The van der Waals surface area contributed by atoms with Gasteiger partial charge in [-0.15, -0.1) is 6.42 Å². The average Bonchev–Trinajstić information content (AvgIpc) is 2.39. The van der Waals surface area contributed by atoms with Crippen molar-refractivity contribution < 1.29 is 24.2 Å². The molecule has 0 fully saturated rings. The van der Waals surface area contributed by atoms with E-state index in [1.807, 2.05) is 4.98 Å². The van der Waals surface area contributed by atoms with Crippen LogP contribution in [0.2, 0.25) is 0 Å². The number of nitrogens with one attached hydrogen (secondary N) is 1. The molecule has 21 heavy (non-hydrogen) atoms. The SMILES string of the molecule is C#CC(CO)(Cn1cc(C)c(=O)[nH]c1=O)OCP(=O)(O)O. The van der Waals surface area contributed by atoms with Crippen LogP contribution in [0.25, 0.3) is 0 Å². The molecule has 1 aromatic heterocycles. The van der Waals surface area contributed by atoms with Crippen LogP contribution in [-0.4, -0.2) is 43.0 Å². The lowest BCUT2D eigenvalue weighted by atomic mass is 10.1. The highest BCUT2D eigenvalue weighted by Crippen LogP contribution is 2.35. The normalized spacial score (nSPS) is 14.4. The number of aromatic nitrogens is 2. The van der Waals surface area contributed by atoms with E-state index in [1.54, 1.807) is 0 Å². The number of nitrogens with zero attached hydrogens (tertiary/aromatic N) is 1. The lowest BCUT2D eigenvalue weighted by molar-refractivity contribution is -0.0341.